The molecule has 0 saturated carbocycles. The third-order valence-electron chi connectivity index (χ3n) is 12.6. The van der Waals surface area contributed by atoms with Crippen molar-refractivity contribution < 1.29 is 9.59 Å². The molecule has 4 aliphatic rings. The van der Waals surface area contributed by atoms with Crippen molar-refractivity contribution in [3.05, 3.63) is 61.0 Å². The van der Waals surface area contributed by atoms with E-state index in [0.29, 0.717) is 51.1 Å². The normalized spacial score (nSPS) is 25.5. The fourth-order valence-electron chi connectivity index (χ4n) is 9.16. The molecule has 16 nitrogen and oxygen atoms in total. The summed E-state index contributed by atoms with van der Waals surface area (Å²) in [6, 6.07) is 8.73. The van der Waals surface area contributed by atoms with E-state index in [1.54, 1.807) is 0 Å². The number of likely N-dealkylation sites (tertiary alicyclic amines) is 4. The lowest BCUT2D eigenvalue weighted by molar-refractivity contribution is 0.130. The van der Waals surface area contributed by atoms with Crippen LogP contribution in [0.3, 0.4) is 0 Å². The Labute approximate surface area is 323 Å². The molecule has 6 atom stereocenters. The fourth-order valence-corrected chi connectivity index (χ4v) is 9.16. The summed E-state index contributed by atoms with van der Waals surface area (Å²) in [4.78, 5) is 58.3. The van der Waals surface area contributed by atoms with Gasteiger partial charge >= 0.3 is 12.1 Å². The minimum Gasteiger partial charge on any atom is -0.345 e. The molecule has 10 rings (SSSR count). The zero-order valence-corrected chi connectivity index (χ0v) is 31.8. The lowest BCUT2D eigenvalue weighted by Crippen LogP contribution is -2.48. The Morgan fingerprint density at radius 1 is 0.607 bits per heavy atom. The van der Waals surface area contributed by atoms with Gasteiger partial charge in [0.05, 0.1) is 70.8 Å². The van der Waals surface area contributed by atoms with Gasteiger partial charge in [-0.2, -0.15) is 10.5 Å². The molecular formula is C40H46N14O2. The number of hydrogen-bond acceptors (Lipinski definition) is 8. The molecular weight excluding hydrogens is 709 g/mol. The number of nitrogens with zero attached hydrogens (tertiary/aromatic N) is 12. The highest BCUT2D eigenvalue weighted by Crippen LogP contribution is 2.35. The van der Waals surface area contributed by atoms with Crippen molar-refractivity contribution in [2.75, 3.05) is 52.4 Å². The van der Waals surface area contributed by atoms with Gasteiger partial charge < -0.3 is 29.6 Å². The maximum Gasteiger partial charge on any atom is 0.320 e. The molecule has 0 bridgehead atoms. The van der Waals surface area contributed by atoms with E-state index in [2.05, 4.69) is 54.7 Å². The molecule has 6 aromatic rings. The van der Waals surface area contributed by atoms with Crippen molar-refractivity contribution >= 4 is 45.4 Å². The van der Waals surface area contributed by atoms with Gasteiger partial charge in [-0.3, -0.25) is 8.80 Å². The Morgan fingerprint density at radius 3 is 1.41 bits per heavy atom. The molecule has 0 radical (unpaired) electrons. The second kappa shape index (κ2) is 14.5. The average molecular weight is 755 g/mol. The SMILES string of the molecule is C[C@@H]1CCN(C(=O)N2CC[C@@H](C#N)C2)C[C@@H]1c1ncc2cnc3[nH]ccc3n12.C[C@@H]1CCN(C(=O)N2CC[C@H](C#N)C2)C[C@@H]1c1ncc2cnc3[nH]ccc3n12. The van der Waals surface area contributed by atoms with Gasteiger partial charge in [0.1, 0.15) is 11.6 Å². The summed E-state index contributed by atoms with van der Waals surface area (Å²) in [6.45, 7) is 9.76. The largest absolute Gasteiger partial charge is 0.345 e. The van der Waals surface area contributed by atoms with E-state index in [-0.39, 0.29) is 35.7 Å². The van der Waals surface area contributed by atoms with E-state index in [1.165, 1.54) is 0 Å². The number of imidazole rings is 2. The van der Waals surface area contributed by atoms with Crippen LogP contribution >= 0.6 is 0 Å². The highest BCUT2D eigenvalue weighted by Gasteiger charge is 2.38. The van der Waals surface area contributed by atoms with Crippen LogP contribution in [0.25, 0.3) is 33.4 Å². The molecule has 2 N–H and O–H groups in total. The van der Waals surface area contributed by atoms with Crippen LogP contribution < -0.4 is 0 Å². The van der Waals surface area contributed by atoms with Gasteiger partial charge in [0.15, 0.2) is 11.3 Å². The van der Waals surface area contributed by atoms with Crippen molar-refractivity contribution in [3.8, 4) is 12.1 Å². The Kier molecular flexibility index (Phi) is 9.19. The highest BCUT2D eigenvalue weighted by atomic mass is 16.2. The third kappa shape index (κ3) is 6.23. The lowest BCUT2D eigenvalue weighted by atomic mass is 9.86. The maximum absolute atomic E-state index is 13.0. The summed E-state index contributed by atoms with van der Waals surface area (Å²) >= 11 is 0. The Morgan fingerprint density at radius 2 is 1.00 bits per heavy atom. The lowest BCUT2D eigenvalue weighted by Gasteiger charge is -2.38. The molecule has 0 spiro atoms. The first kappa shape index (κ1) is 35.5. The van der Waals surface area contributed by atoms with Crippen LogP contribution in [0.15, 0.2) is 49.3 Å². The van der Waals surface area contributed by atoms with Crippen LogP contribution in [0, 0.1) is 46.3 Å². The third-order valence-corrected chi connectivity index (χ3v) is 12.6. The van der Waals surface area contributed by atoms with Crippen molar-refractivity contribution in [1.82, 2.24) is 58.3 Å². The minimum atomic E-state index is -0.0333. The predicted molar refractivity (Wildman–Crippen MR) is 207 cm³/mol. The van der Waals surface area contributed by atoms with Gasteiger partial charge in [-0.25, -0.2) is 29.5 Å². The number of aromatic nitrogens is 8. The van der Waals surface area contributed by atoms with Gasteiger partial charge in [0, 0.05) is 76.6 Å². The summed E-state index contributed by atoms with van der Waals surface area (Å²) in [5, 5.41) is 18.3. The number of aromatic amines is 2. The fraction of sp³-hybridized carbons (Fsp3) is 0.500. The van der Waals surface area contributed by atoms with Gasteiger partial charge in [-0.1, -0.05) is 13.8 Å². The molecule has 0 aromatic carbocycles. The van der Waals surface area contributed by atoms with Crippen LogP contribution in [0.2, 0.25) is 0 Å². The Hall–Kier alpha value is -6.16. The van der Waals surface area contributed by atoms with E-state index in [9.17, 15) is 9.59 Å². The standard InChI is InChI=1S/2C20H23N7O/c2*1-13-3-6-26(20(28)25-7-4-14(8-21)11-25)12-16(13)19-24-10-15-9-23-18-17(27(15)19)2-5-22-18/h2*2,5,9-10,13-14,16,22H,3-4,6-7,11-12H2,1H3/t13-,14+,16+;13-,14-,16+/m11/s1. The number of amides is 4. The van der Waals surface area contributed by atoms with E-state index in [4.69, 9.17) is 20.5 Å². The number of carbonyl (C=O) groups excluding carboxylic acids is 2. The second-order valence-corrected chi connectivity index (χ2v) is 16.0. The molecule has 16 heteroatoms. The predicted octanol–water partition coefficient (Wildman–Crippen LogP) is 5.20. The van der Waals surface area contributed by atoms with E-state index >= 15 is 0 Å². The molecule has 10 heterocycles. The first-order chi connectivity index (χ1) is 27.3. The number of nitrogens with one attached hydrogen (secondary N) is 2. The number of carbonyl (C=O) groups is 2. The molecule has 0 unspecified atom stereocenters. The van der Waals surface area contributed by atoms with Crippen molar-refractivity contribution in [1.29, 1.82) is 10.5 Å². The van der Waals surface area contributed by atoms with E-state index in [1.807, 2.05) is 68.9 Å². The van der Waals surface area contributed by atoms with Crippen molar-refractivity contribution in [2.24, 2.45) is 23.7 Å². The average Bonchev–Trinajstić information content (AvgIpc) is 4.08. The number of piperidine rings is 2. The minimum absolute atomic E-state index is 0.0333. The molecule has 56 heavy (non-hydrogen) atoms. The topological polar surface area (TPSA) is 187 Å². The smallest absolute Gasteiger partial charge is 0.320 e. The maximum atomic E-state index is 13.0. The quantitative estimate of drug-likeness (QED) is 0.241. The Balaban J connectivity index is 0.000000146. The number of urea groups is 2. The number of rotatable bonds is 2. The van der Waals surface area contributed by atoms with Crippen LogP contribution in [0.1, 0.15) is 63.0 Å². The number of hydrogen-bond donors (Lipinski definition) is 2. The van der Waals surface area contributed by atoms with Crippen LogP contribution in [0.4, 0.5) is 9.59 Å². The van der Waals surface area contributed by atoms with Crippen molar-refractivity contribution in [2.45, 2.75) is 51.4 Å². The zero-order valence-electron chi connectivity index (χ0n) is 31.8. The van der Waals surface area contributed by atoms with Gasteiger partial charge in [0.25, 0.3) is 0 Å². The molecule has 4 aliphatic heterocycles. The molecule has 4 fully saturated rings. The van der Waals surface area contributed by atoms with E-state index in [0.717, 1.165) is 83.8 Å². The summed E-state index contributed by atoms with van der Waals surface area (Å²) in [5.41, 5.74) is 5.63. The monoisotopic (exact) mass is 754 g/mol. The van der Waals surface area contributed by atoms with Crippen molar-refractivity contribution in [3.63, 3.8) is 0 Å². The summed E-state index contributed by atoms with van der Waals surface area (Å²) < 4.78 is 4.32. The van der Waals surface area contributed by atoms with Gasteiger partial charge in [-0.05, 0) is 49.7 Å². The Bertz CT molecular complexity index is 2330. The molecule has 0 aliphatic carbocycles. The molecule has 6 aromatic heterocycles. The summed E-state index contributed by atoms with van der Waals surface area (Å²) in [5.74, 6) is 3.10. The first-order valence-electron chi connectivity index (χ1n) is 19.8. The zero-order chi connectivity index (χ0) is 38.5. The number of nitriles is 2. The second-order valence-electron chi connectivity index (χ2n) is 16.0. The van der Waals surface area contributed by atoms with Crippen LogP contribution in [0.5, 0.6) is 0 Å². The van der Waals surface area contributed by atoms with E-state index < -0.39 is 0 Å². The highest BCUT2D eigenvalue weighted by molar-refractivity contribution is 5.78. The summed E-state index contributed by atoms with van der Waals surface area (Å²) in [6.07, 6.45) is 14.6. The molecule has 4 amide bonds. The number of H-pyrrole nitrogens is 2. The number of fused-ring (bicyclic) bond motifs is 6. The summed E-state index contributed by atoms with van der Waals surface area (Å²) in [7, 11) is 0. The van der Waals surface area contributed by atoms with Gasteiger partial charge in [0.2, 0.25) is 0 Å². The molecule has 288 valence electrons. The first-order valence-corrected chi connectivity index (χ1v) is 19.8. The van der Waals surface area contributed by atoms with Crippen LogP contribution in [-0.2, 0) is 0 Å². The van der Waals surface area contributed by atoms with Gasteiger partial charge in [-0.15, -0.1) is 0 Å². The molecule has 4 saturated heterocycles. The van der Waals surface area contributed by atoms with Crippen LogP contribution in [-0.4, -0.2) is 123 Å².